The summed E-state index contributed by atoms with van der Waals surface area (Å²) in [6.07, 6.45) is 20.3. The van der Waals surface area contributed by atoms with Crippen LogP contribution in [-0.2, 0) is 6.54 Å². The molecule has 0 saturated carbocycles. The topological polar surface area (TPSA) is 21.7 Å². The largest absolute Gasteiger partial charge is 0.309 e. The van der Waals surface area contributed by atoms with Crippen molar-refractivity contribution < 1.29 is 4.57 Å². The molecule has 0 radical (unpaired) electrons. The zero-order valence-electron chi connectivity index (χ0n) is 28.9. The average Bonchev–Trinajstić information content (AvgIpc) is 3.64. The van der Waals surface area contributed by atoms with Crippen LogP contribution < -0.4 is 4.57 Å². The molecule has 1 atom stereocenters. The quantitative estimate of drug-likeness (QED) is 0.147. The Morgan fingerprint density at radius 3 is 2.04 bits per heavy atom. The fraction of sp³-hybridized carbons (Fsp3) is 0.227. The maximum Gasteiger partial charge on any atom is 0.213 e. The molecule has 0 amide bonds. The van der Waals surface area contributed by atoms with Crippen LogP contribution in [0.4, 0.5) is 0 Å². The number of allylic oxidation sites excluding steroid dienone is 2. The average molecular weight is 621 g/mol. The molecule has 0 fully saturated rings. The number of hydrogen-bond acceptors (Lipinski definition) is 1. The summed E-state index contributed by atoms with van der Waals surface area (Å²) < 4.78 is 4.61. The van der Waals surface area contributed by atoms with Gasteiger partial charge >= 0.3 is 0 Å². The van der Waals surface area contributed by atoms with Crippen molar-refractivity contribution in [3.63, 3.8) is 0 Å². The molecule has 0 spiro atoms. The minimum Gasteiger partial charge on any atom is -0.309 e. The van der Waals surface area contributed by atoms with Crippen molar-refractivity contribution >= 4 is 24.3 Å². The highest BCUT2D eigenvalue weighted by molar-refractivity contribution is 5.81. The molecule has 47 heavy (non-hydrogen) atoms. The minimum absolute atomic E-state index is 0.927. The van der Waals surface area contributed by atoms with Gasteiger partial charge in [-0.25, -0.2) is 0 Å². The Hall–Kier alpha value is -5.02. The van der Waals surface area contributed by atoms with E-state index in [1.165, 1.54) is 36.1 Å². The predicted octanol–water partition coefficient (Wildman–Crippen LogP) is 11.7. The van der Waals surface area contributed by atoms with Crippen molar-refractivity contribution in [2.24, 2.45) is 5.92 Å². The summed E-state index contributed by atoms with van der Waals surface area (Å²) in [7, 11) is 0. The van der Waals surface area contributed by atoms with Gasteiger partial charge in [-0.1, -0.05) is 114 Å². The van der Waals surface area contributed by atoms with Crippen LogP contribution in [0.15, 0.2) is 123 Å². The Morgan fingerprint density at radius 1 is 0.830 bits per heavy atom. The van der Waals surface area contributed by atoms with Crippen LogP contribution in [0.25, 0.3) is 52.5 Å². The monoisotopic (exact) mass is 620 g/mol. The van der Waals surface area contributed by atoms with Gasteiger partial charge in [0.05, 0.1) is 22.6 Å². The van der Waals surface area contributed by atoms with Crippen LogP contribution in [0.2, 0.25) is 0 Å². The van der Waals surface area contributed by atoms with E-state index in [0.29, 0.717) is 0 Å². The number of hydrogen-bond donors (Lipinski definition) is 0. The first-order valence-corrected chi connectivity index (χ1v) is 16.9. The third-order valence-electron chi connectivity index (χ3n) is 8.50. The van der Waals surface area contributed by atoms with Crippen LogP contribution in [0, 0.1) is 5.92 Å². The predicted molar refractivity (Wildman–Crippen MR) is 204 cm³/mol. The van der Waals surface area contributed by atoms with Gasteiger partial charge in [-0.3, -0.25) is 4.98 Å². The van der Waals surface area contributed by atoms with Crippen molar-refractivity contribution in [2.75, 3.05) is 0 Å². The second-order valence-electron chi connectivity index (χ2n) is 11.8. The summed E-state index contributed by atoms with van der Waals surface area (Å²) >= 11 is 0. The highest BCUT2D eigenvalue weighted by Gasteiger charge is 2.26. The summed E-state index contributed by atoms with van der Waals surface area (Å²) in [5, 5.41) is 0. The molecule has 0 saturated heterocycles. The molecule has 3 heteroatoms. The molecule has 0 N–H and O–H groups in total. The Balaban J connectivity index is 0.000000215. The summed E-state index contributed by atoms with van der Waals surface area (Å²) in [5.74, 6) is 0.949. The van der Waals surface area contributed by atoms with E-state index in [9.17, 15) is 0 Å². The van der Waals surface area contributed by atoms with Crippen LogP contribution in [-0.4, -0.2) is 9.55 Å². The number of benzene rings is 2. The standard InChI is InChI=1S/C26H25N2.C11H9N.C7H16/c1-5-11-25-21(7-3)22(8-4)26(12-6-2)28(25)20-15-14-19-18-27-16-10-9-13-24(27)23(19)17-20;1-2-6-10(7-3-1)11-8-4-5-9-12-11;1-4-6-7(3)5-2/h5-17H,3-4,18H2,1-2H3;1-9H;7H,4-6H2,1-3H3/q+1;;/b11-5-,12-6-;;. The van der Waals surface area contributed by atoms with Gasteiger partial charge in [-0.2, -0.15) is 4.57 Å². The SMILES string of the molecule is C=Cc1c(C=C)c(/C=C\C)n(-c2ccc3c(c2)-c2cccc[n+]2C3)c1/C=C\C.CCCC(C)CC.c1ccc(-c2ccccn2)cc1. The maximum atomic E-state index is 4.25. The van der Waals surface area contributed by atoms with E-state index >= 15 is 0 Å². The third-order valence-corrected chi connectivity index (χ3v) is 8.50. The second-order valence-corrected chi connectivity index (χ2v) is 11.8. The normalized spacial score (nSPS) is 12.0. The van der Waals surface area contributed by atoms with Crippen LogP contribution in [0.5, 0.6) is 0 Å². The van der Waals surface area contributed by atoms with Crippen molar-refractivity contribution in [2.45, 2.75) is 60.4 Å². The van der Waals surface area contributed by atoms with Gasteiger partial charge in [-0.05, 0) is 68.3 Å². The highest BCUT2D eigenvalue weighted by atomic mass is 15.0. The van der Waals surface area contributed by atoms with Crippen molar-refractivity contribution in [3.8, 4) is 28.2 Å². The maximum absolute atomic E-state index is 4.25. The summed E-state index contributed by atoms with van der Waals surface area (Å²) in [6.45, 7) is 19.9. The number of rotatable bonds is 9. The van der Waals surface area contributed by atoms with Gasteiger partial charge in [0.25, 0.3) is 0 Å². The van der Waals surface area contributed by atoms with Crippen LogP contribution >= 0.6 is 0 Å². The molecular weight excluding hydrogens is 571 g/mol. The molecule has 4 heterocycles. The van der Waals surface area contributed by atoms with E-state index in [0.717, 1.165) is 51.9 Å². The summed E-state index contributed by atoms with van der Waals surface area (Å²) in [6, 6.07) is 29.2. The van der Waals surface area contributed by atoms with Gasteiger partial charge in [-0.15, -0.1) is 0 Å². The first-order valence-electron chi connectivity index (χ1n) is 16.9. The van der Waals surface area contributed by atoms with Gasteiger partial charge in [0, 0.05) is 46.3 Å². The van der Waals surface area contributed by atoms with Crippen molar-refractivity contribution in [3.05, 3.63) is 151 Å². The van der Waals surface area contributed by atoms with E-state index in [-0.39, 0.29) is 0 Å². The molecule has 2 aromatic carbocycles. The van der Waals surface area contributed by atoms with Gasteiger partial charge in [0.2, 0.25) is 5.69 Å². The number of pyridine rings is 2. The number of nitrogens with zero attached hydrogens (tertiary/aromatic N) is 3. The lowest BCUT2D eigenvalue weighted by atomic mass is 10.0. The van der Waals surface area contributed by atoms with E-state index in [2.05, 4.69) is 127 Å². The highest BCUT2D eigenvalue weighted by Crippen LogP contribution is 2.34. The molecule has 3 nitrogen and oxygen atoms in total. The molecular formula is C44H50N3+. The van der Waals surface area contributed by atoms with E-state index in [4.69, 9.17) is 0 Å². The second kappa shape index (κ2) is 17.6. The first kappa shape index (κ1) is 34.8. The van der Waals surface area contributed by atoms with E-state index < -0.39 is 0 Å². The molecule has 1 aliphatic heterocycles. The van der Waals surface area contributed by atoms with Gasteiger partial charge in [0.15, 0.2) is 12.7 Å². The lowest BCUT2D eigenvalue weighted by Gasteiger charge is -2.12. The molecule has 1 unspecified atom stereocenters. The minimum atomic E-state index is 0.927. The smallest absolute Gasteiger partial charge is 0.213 e. The van der Waals surface area contributed by atoms with E-state index in [1.54, 1.807) is 0 Å². The fourth-order valence-electron chi connectivity index (χ4n) is 5.96. The van der Waals surface area contributed by atoms with Crippen molar-refractivity contribution in [1.82, 2.24) is 9.55 Å². The van der Waals surface area contributed by atoms with Gasteiger partial charge < -0.3 is 4.57 Å². The number of fused-ring (bicyclic) bond motifs is 3. The first-order chi connectivity index (χ1) is 23.0. The molecule has 5 aromatic rings. The Labute approximate surface area is 283 Å². The molecule has 0 bridgehead atoms. The summed E-state index contributed by atoms with van der Waals surface area (Å²) in [5.41, 5.74) is 11.7. The zero-order chi connectivity index (χ0) is 33.6. The fourth-order valence-corrected chi connectivity index (χ4v) is 5.96. The third kappa shape index (κ3) is 8.42. The van der Waals surface area contributed by atoms with Gasteiger partial charge in [0.1, 0.15) is 0 Å². The summed E-state index contributed by atoms with van der Waals surface area (Å²) in [4.78, 5) is 4.25. The Morgan fingerprint density at radius 2 is 1.49 bits per heavy atom. The zero-order valence-corrected chi connectivity index (χ0v) is 28.9. The molecule has 3 aromatic heterocycles. The molecule has 1 aliphatic rings. The molecule has 6 rings (SSSR count). The van der Waals surface area contributed by atoms with Crippen LogP contribution in [0.1, 0.15) is 82.0 Å². The molecule has 0 aliphatic carbocycles. The van der Waals surface area contributed by atoms with E-state index in [1.807, 2.05) is 68.6 Å². The lowest BCUT2D eigenvalue weighted by molar-refractivity contribution is -0.672. The lowest BCUT2D eigenvalue weighted by Crippen LogP contribution is -2.31. The molecule has 240 valence electrons. The Kier molecular flexibility index (Phi) is 13.1. The van der Waals surface area contributed by atoms with Crippen molar-refractivity contribution in [1.29, 1.82) is 0 Å². The Bertz CT molecular complexity index is 1730. The number of aromatic nitrogens is 3. The van der Waals surface area contributed by atoms with Crippen LogP contribution in [0.3, 0.4) is 0 Å².